The second-order valence-corrected chi connectivity index (χ2v) is 2.99. The van der Waals surface area contributed by atoms with Crippen molar-refractivity contribution in [1.82, 2.24) is 0 Å². The summed E-state index contributed by atoms with van der Waals surface area (Å²) in [6.45, 7) is 3.37. The van der Waals surface area contributed by atoms with Gasteiger partial charge in [0.2, 0.25) is 0 Å². The first-order valence-electron chi connectivity index (χ1n) is 4.29. The Morgan fingerprint density at radius 2 is 2.00 bits per heavy atom. The Morgan fingerprint density at radius 3 is 2.53 bits per heavy atom. The first-order chi connectivity index (χ1) is 6.63. The van der Waals surface area contributed by atoms with Crippen molar-refractivity contribution in [3.63, 3.8) is 0 Å². The second-order valence-electron chi connectivity index (χ2n) is 2.99. The van der Waals surface area contributed by atoms with Gasteiger partial charge in [-0.25, -0.2) is 0 Å². The number of phenols is 2. The summed E-state index contributed by atoms with van der Waals surface area (Å²) in [5, 5.41) is 18.2. The van der Waals surface area contributed by atoms with Crippen molar-refractivity contribution in [2.24, 2.45) is 0 Å². The fraction of sp³-hybridized carbons (Fsp3) is 0.182. The van der Waals surface area contributed by atoms with Crippen LogP contribution in [0.25, 0.3) is 0 Å². The van der Waals surface area contributed by atoms with Crippen LogP contribution in [0.4, 0.5) is 0 Å². The molecule has 82 valence electrons. The summed E-state index contributed by atoms with van der Waals surface area (Å²) in [5.41, 5.74) is 0.815. The van der Waals surface area contributed by atoms with E-state index in [2.05, 4.69) is 6.58 Å². The average molecular weight is 229 g/mol. The van der Waals surface area contributed by atoms with Gasteiger partial charge in [0.25, 0.3) is 0 Å². The summed E-state index contributed by atoms with van der Waals surface area (Å²) < 4.78 is 0. The third kappa shape index (κ3) is 4.04. The maximum absolute atomic E-state index is 10.9. The molecule has 0 unspecified atom stereocenters. The molecule has 0 fully saturated rings. The van der Waals surface area contributed by atoms with Crippen molar-refractivity contribution in [2.75, 3.05) is 0 Å². The van der Waals surface area contributed by atoms with Gasteiger partial charge in [0.1, 0.15) is 0 Å². The molecule has 3 nitrogen and oxygen atoms in total. The van der Waals surface area contributed by atoms with Crippen LogP contribution < -0.4 is 0 Å². The van der Waals surface area contributed by atoms with Crippen LogP contribution in [-0.4, -0.2) is 16.0 Å². The summed E-state index contributed by atoms with van der Waals surface area (Å²) >= 11 is 0. The molecule has 0 aromatic heterocycles. The van der Waals surface area contributed by atoms with E-state index in [-0.39, 0.29) is 29.7 Å². The molecule has 0 bridgehead atoms. The maximum atomic E-state index is 10.9. The van der Waals surface area contributed by atoms with E-state index in [0.717, 1.165) is 5.56 Å². The van der Waals surface area contributed by atoms with Crippen LogP contribution in [0.15, 0.2) is 30.9 Å². The highest BCUT2D eigenvalue weighted by Gasteiger charge is 2.02. The quantitative estimate of drug-likeness (QED) is 0.614. The number of benzene rings is 1. The van der Waals surface area contributed by atoms with Gasteiger partial charge in [0.05, 0.1) is 0 Å². The fourth-order valence-electron chi connectivity index (χ4n) is 1.09. The van der Waals surface area contributed by atoms with E-state index >= 15 is 0 Å². The van der Waals surface area contributed by atoms with Crippen LogP contribution in [0.3, 0.4) is 0 Å². The average Bonchev–Trinajstić information content (AvgIpc) is 2.19. The number of aryl methyl sites for hydroxylation is 1. The Bertz CT molecular complexity index is 361. The smallest absolute Gasteiger partial charge is 0.157 e. The lowest BCUT2D eigenvalue weighted by molar-refractivity contribution is -0.114. The molecule has 0 aliphatic carbocycles. The number of carbonyl (C=O) groups excluding carboxylic acids is 1. The zero-order valence-electron chi connectivity index (χ0n) is 8.14. The molecule has 1 aromatic rings. The SMILES string of the molecule is C=CC(=O)CCc1ccc(O)c(O)c1.Cl. The maximum Gasteiger partial charge on any atom is 0.157 e. The van der Waals surface area contributed by atoms with Crippen molar-refractivity contribution in [1.29, 1.82) is 0 Å². The number of carbonyl (C=O) groups is 1. The molecule has 0 radical (unpaired) electrons. The Morgan fingerprint density at radius 1 is 1.33 bits per heavy atom. The van der Waals surface area contributed by atoms with Crippen molar-refractivity contribution >= 4 is 18.2 Å². The lowest BCUT2D eigenvalue weighted by Crippen LogP contribution is -1.95. The molecule has 0 amide bonds. The summed E-state index contributed by atoms with van der Waals surface area (Å²) in [6.07, 6.45) is 2.19. The molecule has 15 heavy (non-hydrogen) atoms. The minimum absolute atomic E-state index is 0. The first-order valence-corrected chi connectivity index (χ1v) is 4.29. The van der Waals surface area contributed by atoms with Crippen LogP contribution in [-0.2, 0) is 11.2 Å². The molecule has 1 rings (SSSR count). The summed E-state index contributed by atoms with van der Waals surface area (Å²) in [5.74, 6) is -0.338. The fourth-order valence-corrected chi connectivity index (χ4v) is 1.09. The number of hydrogen-bond acceptors (Lipinski definition) is 3. The minimum Gasteiger partial charge on any atom is -0.504 e. The number of hydrogen-bond donors (Lipinski definition) is 2. The number of allylic oxidation sites excluding steroid dienone is 1. The molecule has 4 heteroatoms. The Labute approximate surface area is 94.5 Å². The van der Waals surface area contributed by atoms with E-state index in [4.69, 9.17) is 10.2 Å². The van der Waals surface area contributed by atoms with Gasteiger partial charge in [-0.15, -0.1) is 12.4 Å². The third-order valence-electron chi connectivity index (χ3n) is 1.93. The van der Waals surface area contributed by atoms with Gasteiger partial charge < -0.3 is 10.2 Å². The van der Waals surface area contributed by atoms with Gasteiger partial charge in [-0.2, -0.15) is 0 Å². The first kappa shape index (κ1) is 13.5. The summed E-state index contributed by atoms with van der Waals surface area (Å²) in [6, 6.07) is 4.53. The number of ketones is 1. The highest BCUT2D eigenvalue weighted by molar-refractivity contribution is 5.89. The van der Waals surface area contributed by atoms with E-state index < -0.39 is 0 Å². The van der Waals surface area contributed by atoms with E-state index in [1.807, 2.05) is 0 Å². The zero-order chi connectivity index (χ0) is 10.6. The lowest BCUT2D eigenvalue weighted by Gasteiger charge is -2.01. The largest absolute Gasteiger partial charge is 0.504 e. The van der Waals surface area contributed by atoms with Crippen LogP contribution in [0.5, 0.6) is 11.5 Å². The number of rotatable bonds is 4. The van der Waals surface area contributed by atoms with Crippen molar-refractivity contribution < 1.29 is 15.0 Å². The molecule has 0 saturated heterocycles. The van der Waals surface area contributed by atoms with Crippen molar-refractivity contribution in [3.8, 4) is 11.5 Å². The second kappa shape index (κ2) is 6.09. The summed E-state index contributed by atoms with van der Waals surface area (Å²) in [7, 11) is 0. The van der Waals surface area contributed by atoms with Gasteiger partial charge in [0, 0.05) is 6.42 Å². The van der Waals surface area contributed by atoms with E-state index in [1.54, 1.807) is 6.07 Å². The highest BCUT2D eigenvalue weighted by Crippen LogP contribution is 2.25. The summed E-state index contributed by atoms with van der Waals surface area (Å²) in [4.78, 5) is 10.9. The molecule has 0 saturated carbocycles. The van der Waals surface area contributed by atoms with Crippen molar-refractivity contribution in [3.05, 3.63) is 36.4 Å². The Balaban J connectivity index is 0.00000196. The third-order valence-corrected chi connectivity index (χ3v) is 1.93. The number of aromatic hydroxyl groups is 2. The molecule has 0 spiro atoms. The number of phenolic OH excluding ortho intramolecular Hbond substituents is 2. The molecular formula is C11H13ClO3. The molecule has 2 N–H and O–H groups in total. The van der Waals surface area contributed by atoms with Crippen LogP contribution in [0, 0.1) is 0 Å². The molecule has 1 aromatic carbocycles. The molecule has 0 heterocycles. The normalized spacial score (nSPS) is 9.07. The van der Waals surface area contributed by atoms with E-state index in [1.165, 1.54) is 18.2 Å². The van der Waals surface area contributed by atoms with Crippen LogP contribution in [0.1, 0.15) is 12.0 Å². The van der Waals surface area contributed by atoms with E-state index in [9.17, 15) is 4.79 Å². The standard InChI is InChI=1S/C11H12O3.ClH/c1-2-9(12)5-3-8-4-6-10(13)11(14)7-8;/h2,4,6-7,13-14H,1,3,5H2;1H. The predicted octanol–water partition coefficient (Wildman–Crippen LogP) is 2.21. The molecule has 0 aliphatic rings. The van der Waals surface area contributed by atoms with Crippen LogP contribution in [0.2, 0.25) is 0 Å². The molecule has 0 aliphatic heterocycles. The Kier molecular flexibility index (Phi) is 5.49. The highest BCUT2D eigenvalue weighted by atomic mass is 35.5. The van der Waals surface area contributed by atoms with E-state index in [0.29, 0.717) is 12.8 Å². The lowest BCUT2D eigenvalue weighted by atomic mass is 10.1. The van der Waals surface area contributed by atoms with Gasteiger partial charge in [0.15, 0.2) is 17.3 Å². The van der Waals surface area contributed by atoms with Gasteiger partial charge in [-0.3, -0.25) is 4.79 Å². The minimum atomic E-state index is -0.159. The number of halogens is 1. The predicted molar refractivity (Wildman–Crippen MR) is 60.5 cm³/mol. The zero-order valence-corrected chi connectivity index (χ0v) is 8.96. The van der Waals surface area contributed by atoms with Gasteiger partial charge in [-0.05, 0) is 30.2 Å². The molecular weight excluding hydrogens is 216 g/mol. The van der Waals surface area contributed by atoms with Crippen molar-refractivity contribution in [2.45, 2.75) is 12.8 Å². The monoisotopic (exact) mass is 228 g/mol. The van der Waals surface area contributed by atoms with Gasteiger partial charge in [-0.1, -0.05) is 12.6 Å². The molecule has 0 atom stereocenters. The van der Waals surface area contributed by atoms with Gasteiger partial charge >= 0.3 is 0 Å². The van der Waals surface area contributed by atoms with Crippen LogP contribution >= 0.6 is 12.4 Å². The topological polar surface area (TPSA) is 57.5 Å². The Hall–Kier alpha value is -1.48.